The molecule has 1 aromatic heterocycles. The Morgan fingerprint density at radius 2 is 1.96 bits per heavy atom. The highest BCUT2D eigenvalue weighted by Gasteiger charge is 2.20. The largest absolute Gasteiger partial charge is 0.452 e. The molecule has 0 bridgehead atoms. The van der Waals surface area contributed by atoms with Crippen LogP contribution in [0.1, 0.15) is 35.3 Å². The Balaban J connectivity index is 1.72. The molecular weight excluding hydrogens is 346 g/mol. The summed E-state index contributed by atoms with van der Waals surface area (Å²) in [7, 11) is 0. The topological polar surface area (TPSA) is 46.6 Å². The molecule has 136 valence electrons. The number of benzene rings is 1. The minimum absolute atomic E-state index is 0.112. The zero-order valence-electron chi connectivity index (χ0n) is 14.9. The highest BCUT2D eigenvalue weighted by molar-refractivity contribution is 7.11. The van der Waals surface area contributed by atoms with Gasteiger partial charge in [0.1, 0.15) is 0 Å². The van der Waals surface area contributed by atoms with Crippen molar-refractivity contribution in [2.45, 2.75) is 26.2 Å². The van der Waals surface area contributed by atoms with E-state index in [1.165, 1.54) is 11.3 Å². The van der Waals surface area contributed by atoms with Crippen molar-refractivity contribution in [1.82, 2.24) is 4.90 Å². The van der Waals surface area contributed by atoms with Gasteiger partial charge in [0, 0.05) is 18.0 Å². The van der Waals surface area contributed by atoms with Crippen molar-refractivity contribution in [1.29, 1.82) is 0 Å². The Labute approximate surface area is 158 Å². The van der Waals surface area contributed by atoms with Gasteiger partial charge in [0.2, 0.25) is 0 Å². The molecule has 0 unspecified atom stereocenters. The standard InChI is InChI=1S/C21H23NO3S/c1-16-7-5-8-17(13-16)14-18(19-9-6-12-26-19)21(24)25-15-20(23)22-10-3-2-4-11-22/h5-9,12-14H,2-4,10-11,15H2,1H3/b18-14+. The second-order valence-electron chi connectivity index (χ2n) is 6.47. The van der Waals surface area contributed by atoms with Gasteiger partial charge in [-0.3, -0.25) is 4.79 Å². The molecule has 1 amide bonds. The SMILES string of the molecule is Cc1cccc(/C=C(/C(=O)OCC(=O)N2CCCCC2)c2cccs2)c1. The van der Waals surface area contributed by atoms with Gasteiger partial charge in [-0.15, -0.1) is 11.3 Å². The van der Waals surface area contributed by atoms with Gasteiger partial charge in [-0.05, 0) is 49.3 Å². The van der Waals surface area contributed by atoms with Crippen LogP contribution in [-0.2, 0) is 14.3 Å². The van der Waals surface area contributed by atoms with Crippen LogP contribution in [0.3, 0.4) is 0 Å². The lowest BCUT2D eigenvalue weighted by molar-refractivity contribution is -0.147. The van der Waals surface area contributed by atoms with E-state index >= 15 is 0 Å². The van der Waals surface area contributed by atoms with Crippen molar-refractivity contribution in [3.05, 3.63) is 57.8 Å². The van der Waals surface area contributed by atoms with E-state index in [4.69, 9.17) is 4.74 Å². The molecule has 2 heterocycles. The summed E-state index contributed by atoms with van der Waals surface area (Å²) in [4.78, 5) is 27.5. The maximum absolute atomic E-state index is 12.7. The second-order valence-corrected chi connectivity index (χ2v) is 7.41. The van der Waals surface area contributed by atoms with E-state index in [-0.39, 0.29) is 12.5 Å². The van der Waals surface area contributed by atoms with Crippen molar-refractivity contribution in [3.8, 4) is 0 Å². The summed E-state index contributed by atoms with van der Waals surface area (Å²) in [5, 5.41) is 1.92. The highest BCUT2D eigenvalue weighted by Crippen LogP contribution is 2.24. The van der Waals surface area contributed by atoms with Gasteiger partial charge in [-0.1, -0.05) is 35.9 Å². The first-order valence-electron chi connectivity index (χ1n) is 8.90. The quantitative estimate of drug-likeness (QED) is 0.587. The summed E-state index contributed by atoms with van der Waals surface area (Å²) in [6.45, 7) is 3.33. The van der Waals surface area contributed by atoms with Crippen LogP contribution in [0.5, 0.6) is 0 Å². The van der Waals surface area contributed by atoms with Crippen LogP contribution in [0.4, 0.5) is 0 Å². The summed E-state index contributed by atoms with van der Waals surface area (Å²) < 4.78 is 5.35. The number of esters is 1. The number of amides is 1. The predicted octanol–water partition coefficient (Wildman–Crippen LogP) is 4.15. The molecule has 5 heteroatoms. The fourth-order valence-electron chi connectivity index (χ4n) is 3.03. The van der Waals surface area contributed by atoms with Crippen LogP contribution in [0.2, 0.25) is 0 Å². The van der Waals surface area contributed by atoms with Gasteiger partial charge >= 0.3 is 5.97 Å². The third kappa shape index (κ3) is 4.82. The zero-order chi connectivity index (χ0) is 18.4. The number of aryl methyl sites for hydroxylation is 1. The minimum atomic E-state index is -0.459. The van der Waals surface area contributed by atoms with Gasteiger partial charge in [0.25, 0.3) is 5.91 Å². The molecule has 0 N–H and O–H groups in total. The number of thiophene rings is 1. The normalized spacial score (nSPS) is 15.0. The van der Waals surface area contributed by atoms with Crippen LogP contribution in [0.25, 0.3) is 11.6 Å². The number of nitrogens with zero attached hydrogens (tertiary/aromatic N) is 1. The molecule has 0 spiro atoms. The van der Waals surface area contributed by atoms with Crippen molar-refractivity contribution < 1.29 is 14.3 Å². The van der Waals surface area contributed by atoms with E-state index < -0.39 is 5.97 Å². The summed E-state index contributed by atoms with van der Waals surface area (Å²) >= 11 is 1.48. The molecule has 1 aliphatic rings. The first kappa shape index (κ1) is 18.4. The van der Waals surface area contributed by atoms with E-state index in [0.29, 0.717) is 5.57 Å². The summed E-state index contributed by atoms with van der Waals surface area (Å²) in [5.41, 5.74) is 2.54. The van der Waals surface area contributed by atoms with Crippen LogP contribution >= 0.6 is 11.3 Å². The molecule has 0 saturated carbocycles. The lowest BCUT2D eigenvalue weighted by Gasteiger charge is -2.26. The van der Waals surface area contributed by atoms with E-state index in [1.807, 2.05) is 54.8 Å². The Kier molecular flexibility index (Phi) is 6.23. The Hall–Kier alpha value is -2.40. The lowest BCUT2D eigenvalue weighted by Crippen LogP contribution is -2.38. The molecule has 1 fully saturated rings. The molecule has 3 rings (SSSR count). The second kappa shape index (κ2) is 8.81. The minimum Gasteiger partial charge on any atom is -0.452 e. The van der Waals surface area contributed by atoms with Gasteiger partial charge in [-0.25, -0.2) is 4.79 Å². The third-order valence-corrected chi connectivity index (χ3v) is 5.30. The predicted molar refractivity (Wildman–Crippen MR) is 105 cm³/mol. The van der Waals surface area contributed by atoms with Crippen molar-refractivity contribution in [3.63, 3.8) is 0 Å². The molecule has 1 saturated heterocycles. The first-order valence-corrected chi connectivity index (χ1v) is 9.78. The molecule has 0 radical (unpaired) electrons. The number of piperidine rings is 1. The van der Waals surface area contributed by atoms with Crippen molar-refractivity contribution in [2.75, 3.05) is 19.7 Å². The van der Waals surface area contributed by atoms with Crippen molar-refractivity contribution >= 4 is 34.9 Å². The number of hydrogen-bond acceptors (Lipinski definition) is 4. The molecular formula is C21H23NO3S. The smallest absolute Gasteiger partial charge is 0.340 e. The Morgan fingerprint density at radius 1 is 1.15 bits per heavy atom. The fourth-order valence-corrected chi connectivity index (χ4v) is 3.76. The van der Waals surface area contributed by atoms with E-state index in [0.717, 1.165) is 48.4 Å². The number of carbonyl (C=O) groups is 2. The maximum atomic E-state index is 12.7. The van der Waals surface area contributed by atoms with Crippen LogP contribution < -0.4 is 0 Å². The molecule has 1 aromatic carbocycles. The average molecular weight is 369 g/mol. The number of likely N-dealkylation sites (tertiary alicyclic amines) is 1. The molecule has 0 atom stereocenters. The molecule has 0 aliphatic carbocycles. The summed E-state index contributed by atoms with van der Waals surface area (Å²) in [6, 6.07) is 11.7. The monoisotopic (exact) mass is 369 g/mol. The Bertz CT molecular complexity index is 789. The number of carbonyl (C=O) groups excluding carboxylic acids is 2. The zero-order valence-corrected chi connectivity index (χ0v) is 15.8. The maximum Gasteiger partial charge on any atom is 0.340 e. The van der Waals surface area contributed by atoms with E-state index in [1.54, 1.807) is 4.90 Å². The molecule has 4 nitrogen and oxygen atoms in total. The highest BCUT2D eigenvalue weighted by atomic mass is 32.1. The van der Waals surface area contributed by atoms with Gasteiger partial charge in [-0.2, -0.15) is 0 Å². The van der Waals surface area contributed by atoms with E-state index in [9.17, 15) is 9.59 Å². The van der Waals surface area contributed by atoms with Crippen LogP contribution in [-0.4, -0.2) is 36.5 Å². The third-order valence-electron chi connectivity index (χ3n) is 4.40. The van der Waals surface area contributed by atoms with Crippen LogP contribution in [0.15, 0.2) is 41.8 Å². The lowest BCUT2D eigenvalue weighted by atomic mass is 10.1. The number of rotatable bonds is 5. The molecule has 1 aliphatic heterocycles. The number of ether oxygens (including phenoxy) is 1. The fraction of sp³-hybridized carbons (Fsp3) is 0.333. The average Bonchev–Trinajstić information content (AvgIpc) is 3.19. The molecule has 26 heavy (non-hydrogen) atoms. The van der Waals surface area contributed by atoms with E-state index in [2.05, 4.69) is 0 Å². The van der Waals surface area contributed by atoms with Crippen LogP contribution in [0, 0.1) is 6.92 Å². The number of hydrogen-bond donors (Lipinski definition) is 0. The summed E-state index contributed by atoms with van der Waals surface area (Å²) in [5.74, 6) is -0.571. The summed E-state index contributed by atoms with van der Waals surface area (Å²) in [6.07, 6.45) is 5.03. The first-order chi connectivity index (χ1) is 12.6. The molecule has 2 aromatic rings. The van der Waals surface area contributed by atoms with Gasteiger partial charge in [0.05, 0.1) is 5.57 Å². The van der Waals surface area contributed by atoms with Gasteiger partial charge in [0.15, 0.2) is 6.61 Å². The van der Waals surface area contributed by atoms with Crippen molar-refractivity contribution in [2.24, 2.45) is 0 Å². The van der Waals surface area contributed by atoms with Gasteiger partial charge < -0.3 is 9.64 Å². The Morgan fingerprint density at radius 3 is 2.65 bits per heavy atom.